The van der Waals surface area contributed by atoms with Gasteiger partial charge in [0.15, 0.2) is 17.1 Å². The number of anilines is 1. The summed E-state index contributed by atoms with van der Waals surface area (Å²) in [6, 6.07) is 11.0. The van der Waals surface area contributed by atoms with Gasteiger partial charge in [0.1, 0.15) is 5.82 Å². The average molecular weight is 406 g/mol. The maximum absolute atomic E-state index is 13.5. The summed E-state index contributed by atoms with van der Waals surface area (Å²) in [5, 5.41) is 3.13. The van der Waals surface area contributed by atoms with E-state index < -0.39 is 52.6 Å². The summed E-state index contributed by atoms with van der Waals surface area (Å²) in [5.74, 6) is -4.62. The highest BCUT2D eigenvalue weighted by molar-refractivity contribution is 6.37. The summed E-state index contributed by atoms with van der Waals surface area (Å²) in [4.78, 5) is 54.8. The molecule has 0 bridgehead atoms. The van der Waals surface area contributed by atoms with Gasteiger partial charge in [-0.05, 0) is 30.2 Å². The molecule has 2 amide bonds. The molecule has 2 aromatic rings. The number of benzene rings is 2. The van der Waals surface area contributed by atoms with Crippen molar-refractivity contribution in [2.75, 3.05) is 4.90 Å². The van der Waals surface area contributed by atoms with Crippen LogP contribution < -0.4 is 10.2 Å². The highest BCUT2D eigenvalue weighted by Crippen LogP contribution is 2.50. The van der Waals surface area contributed by atoms with Gasteiger partial charge in [0, 0.05) is 17.2 Å². The van der Waals surface area contributed by atoms with Crippen LogP contribution in [-0.4, -0.2) is 35.0 Å². The predicted molar refractivity (Wildman–Crippen MR) is 105 cm³/mol. The Bertz CT molecular complexity index is 1090. The zero-order valence-electron chi connectivity index (χ0n) is 16.4. The molecule has 2 aliphatic heterocycles. The maximum Gasteiger partial charge on any atom is 0.240 e. The third kappa shape index (κ3) is 2.15. The van der Waals surface area contributed by atoms with E-state index in [2.05, 4.69) is 5.32 Å². The largest absolute Gasteiger partial charge is 0.294 e. The Morgan fingerprint density at radius 2 is 1.47 bits per heavy atom. The second kappa shape index (κ2) is 6.15. The van der Waals surface area contributed by atoms with E-state index in [1.54, 1.807) is 24.3 Å². The van der Waals surface area contributed by atoms with Gasteiger partial charge in [0.2, 0.25) is 11.8 Å². The molecular weight excluding hydrogens is 387 g/mol. The van der Waals surface area contributed by atoms with E-state index in [1.165, 1.54) is 24.3 Å². The molecule has 6 nitrogen and oxygen atoms in total. The minimum absolute atomic E-state index is 0.105. The van der Waals surface area contributed by atoms with E-state index in [1.807, 2.05) is 13.8 Å². The Kier molecular flexibility index (Phi) is 3.86. The van der Waals surface area contributed by atoms with Gasteiger partial charge in [0.25, 0.3) is 0 Å². The summed E-state index contributed by atoms with van der Waals surface area (Å²) in [6.07, 6.45) is 0. The molecule has 7 heteroatoms. The molecule has 152 valence electrons. The molecule has 1 N–H and O–H groups in total. The third-order valence-electron chi connectivity index (χ3n) is 6.53. The van der Waals surface area contributed by atoms with Crippen molar-refractivity contribution in [1.29, 1.82) is 0 Å². The smallest absolute Gasteiger partial charge is 0.240 e. The molecule has 3 atom stereocenters. The zero-order valence-corrected chi connectivity index (χ0v) is 16.4. The van der Waals surface area contributed by atoms with Crippen LogP contribution in [0.5, 0.6) is 0 Å². The average Bonchev–Trinajstić information content (AvgIpc) is 3.29. The van der Waals surface area contributed by atoms with Crippen molar-refractivity contribution in [2.45, 2.75) is 25.4 Å². The summed E-state index contributed by atoms with van der Waals surface area (Å²) < 4.78 is 13.4. The number of hydrogen-bond donors (Lipinski definition) is 1. The van der Waals surface area contributed by atoms with Crippen LogP contribution in [0.15, 0.2) is 48.5 Å². The SMILES string of the molecule is CC(C)[C@H]1NC2(C(=O)c3ccccc3C2=O)[C@@H]2C(=O)N(c3ccc(F)cc3)C(=O)[C@H]12. The van der Waals surface area contributed by atoms with E-state index in [4.69, 9.17) is 0 Å². The van der Waals surface area contributed by atoms with E-state index in [-0.39, 0.29) is 22.7 Å². The van der Waals surface area contributed by atoms with Gasteiger partial charge >= 0.3 is 0 Å². The van der Waals surface area contributed by atoms with Crippen LogP contribution in [0.2, 0.25) is 0 Å². The van der Waals surface area contributed by atoms with Crippen LogP contribution in [0.1, 0.15) is 34.6 Å². The lowest BCUT2D eigenvalue weighted by Crippen LogP contribution is -2.59. The minimum Gasteiger partial charge on any atom is -0.294 e. The Labute approximate surface area is 172 Å². The van der Waals surface area contributed by atoms with Crippen molar-refractivity contribution in [3.8, 4) is 0 Å². The molecule has 0 aromatic heterocycles. The van der Waals surface area contributed by atoms with Crippen molar-refractivity contribution in [3.63, 3.8) is 0 Å². The quantitative estimate of drug-likeness (QED) is 0.612. The van der Waals surface area contributed by atoms with Gasteiger partial charge in [-0.25, -0.2) is 9.29 Å². The van der Waals surface area contributed by atoms with E-state index in [0.29, 0.717) is 0 Å². The van der Waals surface area contributed by atoms with Crippen molar-refractivity contribution < 1.29 is 23.6 Å². The number of ketones is 2. The molecule has 0 radical (unpaired) electrons. The minimum atomic E-state index is -1.79. The number of halogens is 1. The second-order valence-electron chi connectivity index (χ2n) is 8.42. The second-order valence-corrected chi connectivity index (χ2v) is 8.42. The predicted octanol–water partition coefficient (Wildman–Crippen LogP) is 2.38. The molecule has 30 heavy (non-hydrogen) atoms. The molecule has 2 aromatic carbocycles. The van der Waals surface area contributed by atoms with Gasteiger partial charge < -0.3 is 0 Å². The Morgan fingerprint density at radius 3 is 2.00 bits per heavy atom. The molecule has 5 rings (SSSR count). The van der Waals surface area contributed by atoms with Crippen molar-refractivity contribution in [2.24, 2.45) is 17.8 Å². The van der Waals surface area contributed by atoms with Crippen LogP contribution >= 0.6 is 0 Å². The van der Waals surface area contributed by atoms with Crippen molar-refractivity contribution in [3.05, 3.63) is 65.5 Å². The molecule has 2 fully saturated rings. The lowest BCUT2D eigenvalue weighted by Gasteiger charge is -2.29. The zero-order chi connectivity index (χ0) is 21.4. The summed E-state index contributed by atoms with van der Waals surface area (Å²) in [7, 11) is 0. The highest BCUT2D eigenvalue weighted by atomic mass is 19.1. The van der Waals surface area contributed by atoms with Gasteiger partial charge in [0.05, 0.1) is 17.5 Å². The fourth-order valence-corrected chi connectivity index (χ4v) is 5.20. The number of fused-ring (bicyclic) bond motifs is 3. The van der Waals surface area contributed by atoms with Crippen LogP contribution in [0.25, 0.3) is 0 Å². The molecule has 1 aliphatic carbocycles. The molecule has 0 unspecified atom stereocenters. The normalized spacial score (nSPS) is 26.8. The Balaban J connectivity index is 1.67. The first-order valence-corrected chi connectivity index (χ1v) is 9.88. The first kappa shape index (κ1) is 18.8. The summed E-state index contributed by atoms with van der Waals surface area (Å²) in [5.41, 5.74) is -1.03. The van der Waals surface area contributed by atoms with Crippen molar-refractivity contribution >= 4 is 29.1 Å². The first-order valence-electron chi connectivity index (χ1n) is 9.88. The highest BCUT2D eigenvalue weighted by Gasteiger charge is 2.73. The number of nitrogens with zero attached hydrogens (tertiary/aromatic N) is 1. The number of hydrogen-bond acceptors (Lipinski definition) is 5. The lowest BCUT2D eigenvalue weighted by molar-refractivity contribution is -0.123. The van der Waals surface area contributed by atoms with Crippen LogP contribution in [0, 0.1) is 23.6 Å². The van der Waals surface area contributed by atoms with Gasteiger partial charge in [-0.1, -0.05) is 38.1 Å². The monoisotopic (exact) mass is 406 g/mol. The summed E-state index contributed by atoms with van der Waals surface area (Å²) in [6.45, 7) is 3.76. The first-order chi connectivity index (χ1) is 14.3. The maximum atomic E-state index is 13.5. The molecule has 2 saturated heterocycles. The molecule has 3 aliphatic rings. The molecular formula is C23H19FN2O4. The number of amides is 2. The number of imide groups is 1. The standard InChI is InChI=1S/C23H19FN2O4/c1-11(2)18-16-17(22(30)26(21(16)29)13-9-7-12(24)8-10-13)23(25-18)19(27)14-5-3-4-6-15(14)20(23)28/h3-11,16-18,25H,1-2H3/t16-,17-,18+/m0/s1. The van der Waals surface area contributed by atoms with Crippen molar-refractivity contribution in [1.82, 2.24) is 5.32 Å². The van der Waals surface area contributed by atoms with Crippen LogP contribution in [0.4, 0.5) is 10.1 Å². The fraction of sp³-hybridized carbons (Fsp3) is 0.304. The third-order valence-corrected chi connectivity index (χ3v) is 6.53. The molecule has 0 saturated carbocycles. The number of carbonyl (C=O) groups excluding carboxylic acids is 4. The lowest BCUT2D eigenvalue weighted by atomic mass is 9.76. The number of rotatable bonds is 2. The Hall–Kier alpha value is -3.19. The summed E-state index contributed by atoms with van der Waals surface area (Å²) >= 11 is 0. The molecule has 2 heterocycles. The van der Waals surface area contributed by atoms with Gasteiger partial charge in [-0.15, -0.1) is 0 Å². The Morgan fingerprint density at radius 1 is 0.900 bits per heavy atom. The number of carbonyl (C=O) groups is 4. The van der Waals surface area contributed by atoms with Crippen LogP contribution in [-0.2, 0) is 9.59 Å². The topological polar surface area (TPSA) is 83.6 Å². The fourth-order valence-electron chi connectivity index (χ4n) is 5.20. The van der Waals surface area contributed by atoms with Gasteiger partial charge in [-0.2, -0.15) is 0 Å². The van der Waals surface area contributed by atoms with Gasteiger partial charge in [-0.3, -0.25) is 24.5 Å². The van der Waals surface area contributed by atoms with E-state index in [0.717, 1.165) is 4.90 Å². The number of Topliss-reactive ketones (excluding diaryl/α,β-unsaturated/α-hetero) is 2. The van der Waals surface area contributed by atoms with E-state index >= 15 is 0 Å². The number of nitrogens with one attached hydrogen (secondary N) is 1. The van der Waals surface area contributed by atoms with Crippen LogP contribution in [0.3, 0.4) is 0 Å². The van der Waals surface area contributed by atoms with E-state index in [9.17, 15) is 23.6 Å². The molecule has 1 spiro atoms.